The Morgan fingerprint density at radius 1 is 0.879 bits per heavy atom. The van der Waals surface area contributed by atoms with Crippen LogP contribution in [0.2, 0.25) is 5.02 Å². The molecule has 1 aliphatic rings. The minimum Gasteiger partial charge on any atom is -0.352 e. The van der Waals surface area contributed by atoms with Crippen molar-refractivity contribution in [2.45, 2.75) is 6.42 Å². The molecule has 0 atom stereocenters. The van der Waals surface area contributed by atoms with Gasteiger partial charge in [0.1, 0.15) is 5.82 Å². The van der Waals surface area contributed by atoms with Gasteiger partial charge in [-0.2, -0.15) is 0 Å². The standard InChI is InChI=1S/C25H23ClFN3O3/c26-20-7-8-22(27)21(16-20)25(33)30-13-11-29(12-14-30)23(31)9-10-28-24(32)19-6-5-17-3-1-2-4-18(17)15-19/h1-8,15-16H,9-14H2,(H,28,32). The first kappa shape index (κ1) is 22.7. The van der Waals surface area contributed by atoms with Crippen LogP contribution in [-0.4, -0.2) is 60.2 Å². The quantitative estimate of drug-likeness (QED) is 0.621. The van der Waals surface area contributed by atoms with Crippen LogP contribution in [0.4, 0.5) is 4.39 Å². The molecule has 1 aliphatic heterocycles. The number of hydrogen-bond donors (Lipinski definition) is 1. The summed E-state index contributed by atoms with van der Waals surface area (Å²) >= 11 is 5.88. The topological polar surface area (TPSA) is 69.7 Å². The lowest BCUT2D eigenvalue weighted by atomic mass is 10.1. The van der Waals surface area contributed by atoms with Gasteiger partial charge in [-0.15, -0.1) is 0 Å². The van der Waals surface area contributed by atoms with Crippen LogP contribution in [0.3, 0.4) is 0 Å². The average molecular weight is 468 g/mol. The number of amides is 3. The van der Waals surface area contributed by atoms with Gasteiger partial charge < -0.3 is 15.1 Å². The molecule has 1 heterocycles. The van der Waals surface area contributed by atoms with Gasteiger partial charge in [0.25, 0.3) is 11.8 Å². The number of carbonyl (C=O) groups excluding carboxylic acids is 3. The Kier molecular flexibility index (Phi) is 6.89. The molecule has 3 aromatic carbocycles. The van der Waals surface area contributed by atoms with Gasteiger partial charge in [0.05, 0.1) is 5.56 Å². The molecular formula is C25H23ClFN3O3. The first-order valence-corrected chi connectivity index (χ1v) is 11.1. The fraction of sp³-hybridized carbons (Fsp3) is 0.240. The number of halogens is 2. The Morgan fingerprint density at radius 2 is 1.58 bits per heavy atom. The zero-order valence-corrected chi connectivity index (χ0v) is 18.6. The Morgan fingerprint density at radius 3 is 2.33 bits per heavy atom. The van der Waals surface area contributed by atoms with Crippen LogP contribution in [0.25, 0.3) is 10.8 Å². The summed E-state index contributed by atoms with van der Waals surface area (Å²) in [4.78, 5) is 40.7. The van der Waals surface area contributed by atoms with Crippen molar-refractivity contribution in [1.29, 1.82) is 0 Å². The molecule has 0 aromatic heterocycles. The summed E-state index contributed by atoms with van der Waals surface area (Å²) < 4.78 is 14.0. The van der Waals surface area contributed by atoms with E-state index in [0.29, 0.717) is 36.8 Å². The maximum absolute atomic E-state index is 14.0. The van der Waals surface area contributed by atoms with Gasteiger partial charge in [-0.1, -0.05) is 41.9 Å². The van der Waals surface area contributed by atoms with Crippen LogP contribution in [0.15, 0.2) is 60.7 Å². The van der Waals surface area contributed by atoms with E-state index >= 15 is 0 Å². The van der Waals surface area contributed by atoms with E-state index in [9.17, 15) is 18.8 Å². The summed E-state index contributed by atoms with van der Waals surface area (Å²) in [5, 5.41) is 5.11. The van der Waals surface area contributed by atoms with Gasteiger partial charge in [0, 0.05) is 49.7 Å². The summed E-state index contributed by atoms with van der Waals surface area (Å²) in [6, 6.07) is 17.1. The van der Waals surface area contributed by atoms with E-state index in [2.05, 4.69) is 5.32 Å². The highest BCUT2D eigenvalue weighted by Crippen LogP contribution is 2.18. The lowest BCUT2D eigenvalue weighted by molar-refractivity contribution is -0.132. The molecule has 3 amide bonds. The van der Waals surface area contributed by atoms with E-state index in [1.165, 1.54) is 23.1 Å². The van der Waals surface area contributed by atoms with Crippen molar-refractivity contribution in [3.8, 4) is 0 Å². The van der Waals surface area contributed by atoms with Gasteiger partial charge in [0.15, 0.2) is 0 Å². The van der Waals surface area contributed by atoms with Crippen molar-refractivity contribution in [1.82, 2.24) is 15.1 Å². The predicted molar refractivity (Wildman–Crippen MR) is 125 cm³/mol. The summed E-state index contributed by atoms with van der Waals surface area (Å²) in [5.41, 5.74) is 0.472. The summed E-state index contributed by atoms with van der Waals surface area (Å²) in [6.45, 7) is 1.54. The molecule has 1 N–H and O–H groups in total. The first-order chi connectivity index (χ1) is 15.9. The molecule has 0 unspecified atom stereocenters. The molecule has 170 valence electrons. The highest BCUT2D eigenvalue weighted by Gasteiger charge is 2.26. The van der Waals surface area contributed by atoms with E-state index in [1.807, 2.05) is 36.4 Å². The molecule has 4 rings (SSSR count). The normalized spacial score (nSPS) is 13.8. The maximum atomic E-state index is 14.0. The second kappa shape index (κ2) is 10.0. The summed E-state index contributed by atoms with van der Waals surface area (Å²) in [7, 11) is 0. The molecule has 3 aromatic rings. The number of nitrogens with zero attached hydrogens (tertiary/aromatic N) is 2. The van der Waals surface area contributed by atoms with Gasteiger partial charge in [0.2, 0.25) is 5.91 Å². The minimum absolute atomic E-state index is 0.0707. The van der Waals surface area contributed by atoms with Crippen molar-refractivity contribution in [3.05, 3.63) is 82.6 Å². The molecule has 0 bridgehead atoms. The Hall–Kier alpha value is -3.45. The summed E-state index contributed by atoms with van der Waals surface area (Å²) in [6.07, 6.45) is 0.163. The third-order valence-electron chi connectivity index (χ3n) is 5.71. The molecule has 6 nitrogen and oxygen atoms in total. The smallest absolute Gasteiger partial charge is 0.257 e. The van der Waals surface area contributed by atoms with Crippen molar-refractivity contribution < 1.29 is 18.8 Å². The zero-order chi connectivity index (χ0) is 23.4. The van der Waals surface area contributed by atoms with Crippen LogP contribution in [0.5, 0.6) is 0 Å². The number of nitrogens with one attached hydrogen (secondary N) is 1. The second-order valence-electron chi connectivity index (χ2n) is 7.86. The Balaban J connectivity index is 1.25. The monoisotopic (exact) mass is 467 g/mol. The van der Waals surface area contributed by atoms with Crippen molar-refractivity contribution in [2.75, 3.05) is 32.7 Å². The van der Waals surface area contributed by atoms with Crippen molar-refractivity contribution in [3.63, 3.8) is 0 Å². The molecule has 1 fully saturated rings. The molecule has 0 saturated carbocycles. The van der Waals surface area contributed by atoms with Crippen molar-refractivity contribution >= 4 is 40.1 Å². The minimum atomic E-state index is -0.620. The molecule has 33 heavy (non-hydrogen) atoms. The highest BCUT2D eigenvalue weighted by molar-refractivity contribution is 6.31. The van der Waals surface area contributed by atoms with Crippen LogP contribution < -0.4 is 5.32 Å². The molecule has 0 radical (unpaired) electrons. The van der Waals surface area contributed by atoms with E-state index < -0.39 is 11.7 Å². The van der Waals surface area contributed by atoms with Gasteiger partial charge in [-0.05, 0) is 41.1 Å². The lowest BCUT2D eigenvalue weighted by Crippen LogP contribution is -2.51. The first-order valence-electron chi connectivity index (χ1n) is 10.7. The van der Waals surface area contributed by atoms with E-state index in [-0.39, 0.29) is 30.3 Å². The lowest BCUT2D eigenvalue weighted by Gasteiger charge is -2.35. The average Bonchev–Trinajstić information content (AvgIpc) is 2.84. The molecule has 0 spiro atoms. The van der Waals surface area contributed by atoms with E-state index in [1.54, 1.807) is 11.0 Å². The van der Waals surface area contributed by atoms with Crippen LogP contribution in [0.1, 0.15) is 27.1 Å². The van der Waals surface area contributed by atoms with Gasteiger partial charge >= 0.3 is 0 Å². The van der Waals surface area contributed by atoms with Gasteiger partial charge in [-0.3, -0.25) is 14.4 Å². The van der Waals surface area contributed by atoms with E-state index in [0.717, 1.165) is 10.8 Å². The third-order valence-corrected chi connectivity index (χ3v) is 5.95. The molecular weight excluding hydrogens is 445 g/mol. The Bertz CT molecular complexity index is 1210. The number of hydrogen-bond acceptors (Lipinski definition) is 3. The molecule has 8 heteroatoms. The van der Waals surface area contributed by atoms with Crippen LogP contribution in [-0.2, 0) is 4.79 Å². The van der Waals surface area contributed by atoms with Crippen LogP contribution >= 0.6 is 11.6 Å². The molecule has 0 aliphatic carbocycles. The zero-order valence-electron chi connectivity index (χ0n) is 17.9. The number of benzene rings is 3. The largest absolute Gasteiger partial charge is 0.352 e. The highest BCUT2D eigenvalue weighted by atomic mass is 35.5. The number of fused-ring (bicyclic) bond motifs is 1. The Labute approximate surface area is 195 Å². The fourth-order valence-electron chi connectivity index (χ4n) is 3.86. The van der Waals surface area contributed by atoms with Gasteiger partial charge in [-0.25, -0.2) is 4.39 Å². The van der Waals surface area contributed by atoms with Crippen molar-refractivity contribution in [2.24, 2.45) is 0 Å². The fourth-order valence-corrected chi connectivity index (χ4v) is 4.04. The predicted octanol–water partition coefficient (Wildman–Crippen LogP) is 3.74. The second-order valence-corrected chi connectivity index (χ2v) is 8.30. The SMILES string of the molecule is O=C(NCCC(=O)N1CCN(C(=O)c2cc(Cl)ccc2F)CC1)c1ccc2ccccc2c1. The van der Waals surface area contributed by atoms with E-state index in [4.69, 9.17) is 11.6 Å². The molecule has 1 saturated heterocycles. The number of piperazine rings is 1. The number of rotatable bonds is 5. The number of carbonyl (C=O) groups is 3. The van der Waals surface area contributed by atoms with Crippen LogP contribution in [0, 0.1) is 5.82 Å². The maximum Gasteiger partial charge on any atom is 0.257 e. The summed E-state index contributed by atoms with van der Waals surface area (Å²) in [5.74, 6) is -1.39. The third kappa shape index (κ3) is 5.31.